The number of nitrogens with one attached hydrogen (secondary N) is 1. The van der Waals surface area contributed by atoms with Crippen molar-refractivity contribution in [2.45, 2.75) is 25.4 Å². The topological polar surface area (TPSA) is 59.4 Å². The summed E-state index contributed by atoms with van der Waals surface area (Å²) in [4.78, 5) is 14.4. The first-order valence-electron chi connectivity index (χ1n) is 9.39. The fourth-order valence-electron chi connectivity index (χ4n) is 4.36. The third-order valence-electron chi connectivity index (χ3n) is 5.65. The van der Waals surface area contributed by atoms with Gasteiger partial charge in [0.1, 0.15) is 0 Å². The number of nitrogens with zero attached hydrogens (tertiary/aromatic N) is 3. The molecule has 2 fully saturated rings. The molecule has 0 radical (unpaired) electrons. The summed E-state index contributed by atoms with van der Waals surface area (Å²) >= 11 is 0. The van der Waals surface area contributed by atoms with Crippen LogP contribution in [0.1, 0.15) is 18.4 Å². The van der Waals surface area contributed by atoms with Crippen LogP contribution in [0.5, 0.6) is 0 Å². The Morgan fingerprint density at radius 3 is 2.65 bits per heavy atom. The van der Waals surface area contributed by atoms with E-state index in [1.165, 1.54) is 12.8 Å². The molecular weight excluding hydrogens is 328 g/mol. The van der Waals surface area contributed by atoms with Crippen LogP contribution in [-0.2, 0) is 11.2 Å². The maximum Gasteiger partial charge on any atom is 0.317 e. The van der Waals surface area contributed by atoms with Gasteiger partial charge in [0.2, 0.25) is 0 Å². The van der Waals surface area contributed by atoms with Gasteiger partial charge in [-0.15, -0.1) is 0 Å². The average molecular weight is 354 g/mol. The largest absolute Gasteiger partial charge is 0.381 e. The van der Waals surface area contributed by atoms with Gasteiger partial charge in [-0.1, -0.05) is 18.2 Å². The minimum absolute atomic E-state index is 0.0481. The first-order valence-corrected chi connectivity index (χ1v) is 9.39. The number of fused-ring (bicyclic) bond motifs is 2. The lowest BCUT2D eigenvalue weighted by molar-refractivity contribution is -0.00503. The van der Waals surface area contributed by atoms with Crippen molar-refractivity contribution < 1.29 is 9.53 Å². The molecule has 2 aromatic rings. The number of amides is 2. The number of carbonyl (C=O) groups excluding carboxylic acids is 1. The van der Waals surface area contributed by atoms with Crippen molar-refractivity contribution in [3.05, 3.63) is 48.3 Å². The molecule has 1 saturated heterocycles. The van der Waals surface area contributed by atoms with Gasteiger partial charge in [0.25, 0.3) is 0 Å². The quantitative estimate of drug-likeness (QED) is 0.897. The molecule has 4 rings (SSSR count). The second-order valence-electron chi connectivity index (χ2n) is 7.31. The molecule has 2 aliphatic rings. The Balaban J connectivity index is 1.26. The minimum atomic E-state index is 0.0481. The summed E-state index contributed by atoms with van der Waals surface area (Å²) in [5, 5.41) is 7.46. The molecule has 1 aliphatic heterocycles. The summed E-state index contributed by atoms with van der Waals surface area (Å²) in [6, 6.07) is 10.1. The van der Waals surface area contributed by atoms with Gasteiger partial charge >= 0.3 is 6.03 Å². The Bertz CT molecular complexity index is 731. The number of rotatable bonds is 5. The molecule has 1 N–H and O–H groups in total. The summed E-state index contributed by atoms with van der Waals surface area (Å²) in [6.45, 7) is 2.25. The molecule has 2 amide bonds. The fourth-order valence-corrected chi connectivity index (χ4v) is 4.36. The summed E-state index contributed by atoms with van der Waals surface area (Å²) in [7, 11) is 1.79. The van der Waals surface area contributed by atoms with Gasteiger partial charge in [0, 0.05) is 44.8 Å². The molecule has 1 aromatic carbocycles. The summed E-state index contributed by atoms with van der Waals surface area (Å²) in [5.41, 5.74) is 2.16. The maximum absolute atomic E-state index is 12.5. The molecule has 26 heavy (non-hydrogen) atoms. The average Bonchev–Trinajstić information content (AvgIpc) is 3.24. The number of hydrogen-bond donors (Lipinski definition) is 1. The second kappa shape index (κ2) is 7.50. The molecule has 1 saturated carbocycles. The highest BCUT2D eigenvalue weighted by molar-refractivity contribution is 5.74. The van der Waals surface area contributed by atoms with Crippen molar-refractivity contribution in [3.8, 4) is 5.69 Å². The van der Waals surface area contributed by atoms with Crippen molar-refractivity contribution in [1.82, 2.24) is 20.0 Å². The first kappa shape index (κ1) is 17.1. The predicted molar refractivity (Wildman–Crippen MR) is 99.3 cm³/mol. The van der Waals surface area contributed by atoms with Crippen LogP contribution >= 0.6 is 0 Å². The monoisotopic (exact) mass is 354 g/mol. The van der Waals surface area contributed by atoms with Crippen LogP contribution in [0.4, 0.5) is 4.79 Å². The lowest BCUT2D eigenvalue weighted by Crippen LogP contribution is -2.51. The van der Waals surface area contributed by atoms with Gasteiger partial charge in [-0.2, -0.15) is 5.10 Å². The molecule has 138 valence electrons. The van der Waals surface area contributed by atoms with Gasteiger partial charge in [-0.3, -0.25) is 0 Å². The Kier molecular flexibility index (Phi) is 4.93. The number of carbonyl (C=O) groups is 1. The molecule has 1 aromatic heterocycles. The molecule has 0 spiro atoms. The van der Waals surface area contributed by atoms with Crippen LogP contribution in [0.15, 0.2) is 42.7 Å². The third-order valence-corrected chi connectivity index (χ3v) is 5.65. The number of likely N-dealkylation sites (tertiary alicyclic amines) is 1. The van der Waals surface area contributed by atoms with Crippen molar-refractivity contribution >= 4 is 6.03 Å². The van der Waals surface area contributed by atoms with Gasteiger partial charge in [0.15, 0.2) is 0 Å². The molecule has 2 heterocycles. The van der Waals surface area contributed by atoms with E-state index in [-0.39, 0.29) is 6.03 Å². The molecule has 1 aliphatic carbocycles. The minimum Gasteiger partial charge on any atom is -0.381 e. The summed E-state index contributed by atoms with van der Waals surface area (Å²) in [6.07, 6.45) is 7.34. The number of methoxy groups -OCH3 is 1. The van der Waals surface area contributed by atoms with Crippen molar-refractivity contribution in [2.24, 2.45) is 11.8 Å². The SMILES string of the molecule is COC1C2CCC1CN(C(=O)NCCc1cnn(-c3ccccc3)c1)C2. The van der Waals surface area contributed by atoms with Crippen molar-refractivity contribution in [1.29, 1.82) is 0 Å². The van der Waals surface area contributed by atoms with E-state index in [4.69, 9.17) is 4.74 Å². The number of para-hydroxylation sites is 1. The number of benzene rings is 1. The van der Waals surface area contributed by atoms with E-state index < -0.39 is 0 Å². The molecule has 6 nitrogen and oxygen atoms in total. The Hall–Kier alpha value is -2.34. The predicted octanol–water partition coefficient (Wildman–Crippen LogP) is 2.48. The Morgan fingerprint density at radius 1 is 1.23 bits per heavy atom. The van der Waals surface area contributed by atoms with Crippen molar-refractivity contribution in [3.63, 3.8) is 0 Å². The summed E-state index contributed by atoms with van der Waals surface area (Å²) < 4.78 is 7.48. The van der Waals surface area contributed by atoms with Crippen LogP contribution in [0.3, 0.4) is 0 Å². The van der Waals surface area contributed by atoms with E-state index in [0.29, 0.717) is 24.5 Å². The van der Waals surface area contributed by atoms with E-state index in [9.17, 15) is 4.79 Å². The van der Waals surface area contributed by atoms with E-state index in [1.54, 1.807) is 7.11 Å². The van der Waals surface area contributed by atoms with Crippen LogP contribution in [0.25, 0.3) is 5.69 Å². The van der Waals surface area contributed by atoms with Crippen molar-refractivity contribution in [2.75, 3.05) is 26.7 Å². The van der Waals surface area contributed by atoms with Gasteiger partial charge in [0.05, 0.1) is 18.0 Å². The zero-order valence-electron chi connectivity index (χ0n) is 15.2. The molecular formula is C20H26N4O2. The van der Waals surface area contributed by atoms with Gasteiger partial charge < -0.3 is 15.0 Å². The highest BCUT2D eigenvalue weighted by Gasteiger charge is 2.43. The molecule has 2 unspecified atom stereocenters. The van der Waals surface area contributed by atoms with Crippen LogP contribution in [-0.4, -0.2) is 53.6 Å². The van der Waals surface area contributed by atoms with E-state index in [0.717, 1.165) is 30.8 Å². The number of hydrogen-bond acceptors (Lipinski definition) is 3. The lowest BCUT2D eigenvalue weighted by Gasteiger charge is -2.37. The maximum atomic E-state index is 12.5. The van der Waals surface area contributed by atoms with Crippen LogP contribution in [0, 0.1) is 11.8 Å². The standard InChI is InChI=1S/C20H26N4O2/c1-26-19-16-7-8-17(19)14-23(13-16)20(25)21-10-9-15-11-22-24(12-15)18-5-3-2-4-6-18/h2-6,11-12,16-17,19H,7-10,13-14H2,1H3,(H,21,25). The lowest BCUT2D eigenvalue weighted by atomic mass is 9.95. The highest BCUT2D eigenvalue weighted by Crippen LogP contribution is 2.38. The number of urea groups is 1. The van der Waals surface area contributed by atoms with Gasteiger partial charge in [-0.05, 0) is 37.0 Å². The number of aromatic nitrogens is 2. The zero-order valence-corrected chi connectivity index (χ0v) is 15.2. The highest BCUT2D eigenvalue weighted by atomic mass is 16.5. The fraction of sp³-hybridized carbons (Fsp3) is 0.500. The number of ether oxygens (including phenoxy) is 1. The normalized spacial score (nSPS) is 24.7. The smallest absolute Gasteiger partial charge is 0.317 e. The van der Waals surface area contributed by atoms with E-state index in [2.05, 4.69) is 10.4 Å². The van der Waals surface area contributed by atoms with Crippen LogP contribution in [0.2, 0.25) is 0 Å². The first-order chi connectivity index (χ1) is 12.7. The van der Waals surface area contributed by atoms with E-state index >= 15 is 0 Å². The van der Waals surface area contributed by atoms with E-state index in [1.807, 2.05) is 52.3 Å². The van der Waals surface area contributed by atoms with Gasteiger partial charge in [-0.25, -0.2) is 9.48 Å². The van der Waals surface area contributed by atoms with Crippen LogP contribution < -0.4 is 5.32 Å². The molecule has 2 bridgehead atoms. The Morgan fingerprint density at radius 2 is 1.96 bits per heavy atom. The third kappa shape index (κ3) is 3.46. The molecule has 6 heteroatoms. The number of piperidine rings is 1. The second-order valence-corrected chi connectivity index (χ2v) is 7.31. The zero-order chi connectivity index (χ0) is 17.9. The molecule has 2 atom stereocenters. The Labute approximate surface area is 154 Å². The summed E-state index contributed by atoms with van der Waals surface area (Å²) in [5.74, 6) is 0.988.